The van der Waals surface area contributed by atoms with E-state index in [1.807, 2.05) is 0 Å². The molecule has 0 saturated carbocycles. The summed E-state index contributed by atoms with van der Waals surface area (Å²) in [4.78, 5) is 17.5. The maximum absolute atomic E-state index is 12.4. The molecule has 2 aromatic heterocycles. The van der Waals surface area contributed by atoms with Gasteiger partial charge in [0.2, 0.25) is 0 Å². The summed E-state index contributed by atoms with van der Waals surface area (Å²) in [5, 5.41) is 16.2. The lowest BCUT2D eigenvalue weighted by molar-refractivity contribution is -0.385. The lowest BCUT2D eigenvalue weighted by Gasteiger charge is -2.09. The monoisotopic (exact) mass is 327 g/mol. The van der Waals surface area contributed by atoms with E-state index in [1.54, 1.807) is 0 Å². The molecule has 0 unspecified atom stereocenters. The highest BCUT2D eigenvalue weighted by Crippen LogP contribution is 2.28. The molecule has 10 heteroatoms. The van der Waals surface area contributed by atoms with Crippen LogP contribution in [0.3, 0.4) is 0 Å². The number of aromatic nitrogens is 2. The van der Waals surface area contributed by atoms with E-state index in [4.69, 9.17) is 0 Å². The Kier molecular flexibility index (Phi) is 4.94. The number of rotatable bonds is 6. The number of anilines is 2. The van der Waals surface area contributed by atoms with Crippen molar-refractivity contribution in [3.8, 4) is 0 Å². The Morgan fingerprint density at radius 1 is 1.00 bits per heavy atom. The number of nitrogens with one attached hydrogen (secondary N) is 2. The van der Waals surface area contributed by atoms with Crippen LogP contribution >= 0.6 is 0 Å². The van der Waals surface area contributed by atoms with Crippen LogP contribution in [0.15, 0.2) is 36.7 Å². The van der Waals surface area contributed by atoms with Gasteiger partial charge in [0.15, 0.2) is 0 Å². The summed E-state index contributed by atoms with van der Waals surface area (Å²) in [6, 6.07) is 4.97. The summed E-state index contributed by atoms with van der Waals surface area (Å²) in [7, 11) is 0. The van der Waals surface area contributed by atoms with E-state index in [1.165, 1.54) is 18.2 Å². The van der Waals surface area contributed by atoms with Gasteiger partial charge in [-0.05, 0) is 18.2 Å². The largest absolute Gasteiger partial charge is 0.417 e. The molecule has 23 heavy (non-hydrogen) atoms. The van der Waals surface area contributed by atoms with E-state index in [0.717, 1.165) is 18.5 Å². The van der Waals surface area contributed by atoms with Gasteiger partial charge in [0, 0.05) is 25.4 Å². The summed E-state index contributed by atoms with van der Waals surface area (Å²) in [5.41, 5.74) is -0.918. The van der Waals surface area contributed by atoms with Crippen LogP contribution in [0.5, 0.6) is 0 Å². The minimum atomic E-state index is -4.41. The van der Waals surface area contributed by atoms with Crippen LogP contribution in [0.4, 0.5) is 30.5 Å². The molecular weight excluding hydrogens is 315 g/mol. The van der Waals surface area contributed by atoms with Crippen molar-refractivity contribution in [2.45, 2.75) is 6.18 Å². The van der Waals surface area contributed by atoms with Crippen LogP contribution < -0.4 is 10.6 Å². The van der Waals surface area contributed by atoms with Gasteiger partial charge in [-0.15, -0.1) is 0 Å². The zero-order valence-electron chi connectivity index (χ0n) is 11.7. The first-order valence-electron chi connectivity index (χ1n) is 6.48. The van der Waals surface area contributed by atoms with Crippen molar-refractivity contribution in [1.82, 2.24) is 9.97 Å². The fourth-order valence-corrected chi connectivity index (χ4v) is 1.65. The molecule has 0 spiro atoms. The highest BCUT2D eigenvalue weighted by molar-refractivity contribution is 5.41. The van der Waals surface area contributed by atoms with Gasteiger partial charge in [-0.3, -0.25) is 10.1 Å². The molecule has 2 rings (SSSR count). The Morgan fingerprint density at radius 2 is 1.57 bits per heavy atom. The molecule has 122 valence electrons. The van der Waals surface area contributed by atoms with Gasteiger partial charge in [-0.1, -0.05) is 0 Å². The Morgan fingerprint density at radius 3 is 1.96 bits per heavy atom. The molecule has 0 atom stereocenters. The van der Waals surface area contributed by atoms with Gasteiger partial charge < -0.3 is 10.6 Å². The summed E-state index contributed by atoms with van der Waals surface area (Å²) in [5.74, 6) is 0.772. The second kappa shape index (κ2) is 6.90. The zero-order valence-corrected chi connectivity index (χ0v) is 11.7. The molecule has 0 aliphatic rings. The standard InChI is InChI=1S/C13H12F3N5O2/c14-13(15,16)9-1-3-11(19-7-9)17-5-6-18-12-4-2-10(8-20-12)21(22)23/h1-4,7-8H,5-6H2,(H,17,19)(H,18,20). The van der Waals surface area contributed by atoms with E-state index in [-0.39, 0.29) is 5.69 Å². The first kappa shape index (κ1) is 16.5. The molecular formula is C13H12F3N5O2. The third-order valence-electron chi connectivity index (χ3n) is 2.79. The van der Waals surface area contributed by atoms with Gasteiger partial charge >= 0.3 is 6.18 Å². The van der Waals surface area contributed by atoms with Crippen molar-refractivity contribution >= 4 is 17.3 Å². The lowest BCUT2D eigenvalue weighted by Crippen LogP contribution is -2.15. The fraction of sp³-hybridized carbons (Fsp3) is 0.231. The molecule has 0 amide bonds. The van der Waals surface area contributed by atoms with E-state index < -0.39 is 16.7 Å². The maximum Gasteiger partial charge on any atom is 0.417 e. The van der Waals surface area contributed by atoms with E-state index in [9.17, 15) is 23.3 Å². The van der Waals surface area contributed by atoms with Gasteiger partial charge in [-0.2, -0.15) is 13.2 Å². The quantitative estimate of drug-likeness (QED) is 0.481. The van der Waals surface area contributed by atoms with Gasteiger partial charge in [-0.25, -0.2) is 9.97 Å². The Balaban J connectivity index is 1.78. The molecule has 0 fully saturated rings. The van der Waals surface area contributed by atoms with Crippen LogP contribution in [0, 0.1) is 10.1 Å². The predicted molar refractivity (Wildman–Crippen MR) is 77.1 cm³/mol. The van der Waals surface area contributed by atoms with Crippen LogP contribution in [-0.4, -0.2) is 28.0 Å². The Bertz CT molecular complexity index is 659. The van der Waals surface area contributed by atoms with Crippen molar-refractivity contribution in [1.29, 1.82) is 0 Å². The molecule has 0 saturated heterocycles. The molecule has 0 aliphatic heterocycles. The van der Waals surface area contributed by atoms with Crippen LogP contribution in [0.25, 0.3) is 0 Å². The number of hydrogen-bond donors (Lipinski definition) is 2. The first-order chi connectivity index (χ1) is 10.9. The highest BCUT2D eigenvalue weighted by atomic mass is 19.4. The number of halogens is 3. The van der Waals surface area contributed by atoms with Crippen molar-refractivity contribution < 1.29 is 18.1 Å². The second-order valence-corrected chi connectivity index (χ2v) is 4.44. The molecule has 7 nitrogen and oxygen atoms in total. The molecule has 0 radical (unpaired) electrons. The lowest BCUT2D eigenvalue weighted by atomic mass is 10.3. The topological polar surface area (TPSA) is 93.0 Å². The van der Waals surface area contributed by atoms with Crippen molar-refractivity contribution in [2.75, 3.05) is 23.7 Å². The van der Waals surface area contributed by atoms with Crippen molar-refractivity contribution in [3.63, 3.8) is 0 Å². The van der Waals surface area contributed by atoms with E-state index in [2.05, 4.69) is 20.6 Å². The van der Waals surface area contributed by atoms with Crippen molar-refractivity contribution in [2.24, 2.45) is 0 Å². The van der Waals surface area contributed by atoms with E-state index in [0.29, 0.717) is 24.7 Å². The second-order valence-electron chi connectivity index (χ2n) is 4.44. The Labute approximate surface area is 128 Å². The number of nitrogens with zero attached hydrogens (tertiary/aromatic N) is 3. The van der Waals surface area contributed by atoms with Crippen LogP contribution in [0.1, 0.15) is 5.56 Å². The average Bonchev–Trinajstić information content (AvgIpc) is 2.51. The van der Waals surface area contributed by atoms with Crippen molar-refractivity contribution in [3.05, 3.63) is 52.3 Å². The summed E-state index contributed by atoms with van der Waals surface area (Å²) < 4.78 is 37.1. The molecule has 2 N–H and O–H groups in total. The zero-order chi connectivity index (χ0) is 16.9. The predicted octanol–water partition coefficient (Wildman–Crippen LogP) is 2.93. The molecule has 2 aromatic rings. The van der Waals surface area contributed by atoms with Gasteiger partial charge in [0.1, 0.15) is 17.8 Å². The summed E-state index contributed by atoms with van der Waals surface area (Å²) in [6.07, 6.45) is -2.52. The molecule has 0 aromatic carbocycles. The normalized spacial score (nSPS) is 11.1. The van der Waals surface area contributed by atoms with E-state index >= 15 is 0 Å². The van der Waals surface area contributed by atoms with Gasteiger partial charge in [0.25, 0.3) is 5.69 Å². The number of pyridine rings is 2. The molecule has 0 bridgehead atoms. The van der Waals surface area contributed by atoms with Crippen LogP contribution in [0.2, 0.25) is 0 Å². The smallest absolute Gasteiger partial charge is 0.368 e. The minimum Gasteiger partial charge on any atom is -0.368 e. The number of nitro groups is 1. The first-order valence-corrected chi connectivity index (χ1v) is 6.48. The van der Waals surface area contributed by atoms with Gasteiger partial charge in [0.05, 0.1) is 10.5 Å². The maximum atomic E-state index is 12.4. The SMILES string of the molecule is O=[N+]([O-])c1ccc(NCCNc2ccc(C(F)(F)F)cn2)nc1. The summed E-state index contributed by atoms with van der Waals surface area (Å²) >= 11 is 0. The average molecular weight is 327 g/mol. The third-order valence-corrected chi connectivity index (χ3v) is 2.79. The number of alkyl halides is 3. The molecule has 2 heterocycles. The minimum absolute atomic E-state index is 0.109. The third kappa shape index (κ3) is 4.80. The fourth-order valence-electron chi connectivity index (χ4n) is 1.65. The Hall–Kier alpha value is -2.91. The number of hydrogen-bond acceptors (Lipinski definition) is 6. The highest BCUT2D eigenvalue weighted by Gasteiger charge is 2.30. The summed E-state index contributed by atoms with van der Waals surface area (Å²) in [6.45, 7) is 0.796. The molecule has 0 aliphatic carbocycles. The van der Waals surface area contributed by atoms with Crippen LogP contribution in [-0.2, 0) is 6.18 Å².